The van der Waals surface area contributed by atoms with Gasteiger partial charge in [-0.25, -0.2) is 0 Å². The van der Waals surface area contributed by atoms with Crippen LogP contribution >= 0.6 is 0 Å². The van der Waals surface area contributed by atoms with Crippen molar-refractivity contribution >= 4 is 11.8 Å². The Morgan fingerprint density at radius 2 is 1.77 bits per heavy atom. The summed E-state index contributed by atoms with van der Waals surface area (Å²) in [5.41, 5.74) is 1.46. The predicted molar refractivity (Wildman–Crippen MR) is 86.5 cm³/mol. The van der Waals surface area contributed by atoms with Crippen molar-refractivity contribution in [1.29, 1.82) is 0 Å². The average molecular weight is 306 g/mol. The molecule has 1 aromatic carbocycles. The van der Waals surface area contributed by atoms with E-state index >= 15 is 0 Å². The maximum Gasteiger partial charge on any atom is 0.305 e. The van der Waals surface area contributed by atoms with Gasteiger partial charge in [-0.3, -0.25) is 9.59 Å². The van der Waals surface area contributed by atoms with Crippen molar-refractivity contribution in [2.75, 3.05) is 7.11 Å². The van der Waals surface area contributed by atoms with Crippen molar-refractivity contribution in [3.05, 3.63) is 29.3 Å². The smallest absolute Gasteiger partial charge is 0.305 e. The van der Waals surface area contributed by atoms with Gasteiger partial charge in [0.1, 0.15) is 5.75 Å². The van der Waals surface area contributed by atoms with Crippen LogP contribution in [0.25, 0.3) is 0 Å². The molecule has 4 nitrogen and oxygen atoms in total. The predicted octanol–water partition coefficient (Wildman–Crippen LogP) is 3.91. The Bertz CT molecular complexity index is 539. The van der Waals surface area contributed by atoms with Gasteiger partial charge in [0.05, 0.1) is 19.6 Å². The highest BCUT2D eigenvalue weighted by Crippen LogP contribution is 2.33. The van der Waals surface area contributed by atoms with Crippen LogP contribution in [0.3, 0.4) is 0 Å². The summed E-state index contributed by atoms with van der Waals surface area (Å²) >= 11 is 0. The van der Waals surface area contributed by atoms with E-state index in [0.717, 1.165) is 11.3 Å². The minimum atomic E-state index is -0.371. The first-order valence-electron chi connectivity index (χ1n) is 7.56. The summed E-state index contributed by atoms with van der Waals surface area (Å²) in [7, 11) is 1.32. The highest BCUT2D eigenvalue weighted by molar-refractivity contribution is 5.97. The lowest BCUT2D eigenvalue weighted by Crippen LogP contribution is -2.17. The van der Waals surface area contributed by atoms with Gasteiger partial charge in [-0.2, -0.15) is 0 Å². The maximum atomic E-state index is 12.2. The minimum Gasteiger partial charge on any atom is -0.491 e. The molecule has 0 N–H and O–H groups in total. The third-order valence-corrected chi connectivity index (χ3v) is 3.26. The molecule has 0 saturated heterocycles. The van der Waals surface area contributed by atoms with Gasteiger partial charge in [0.15, 0.2) is 5.78 Å². The first-order valence-corrected chi connectivity index (χ1v) is 7.56. The zero-order chi connectivity index (χ0) is 16.9. The van der Waals surface area contributed by atoms with Gasteiger partial charge in [-0.15, -0.1) is 0 Å². The summed E-state index contributed by atoms with van der Waals surface area (Å²) in [5, 5.41) is 0. The molecule has 1 rings (SSSR count). The molecule has 1 aromatic rings. The highest BCUT2D eigenvalue weighted by atomic mass is 16.5. The number of ketones is 1. The first-order chi connectivity index (χ1) is 10.1. The normalized spacial score (nSPS) is 11.4. The van der Waals surface area contributed by atoms with Crippen LogP contribution in [0, 0.1) is 0 Å². The number of Topliss-reactive ketones (excluding diaryl/α,β-unsaturated/α-hetero) is 1. The van der Waals surface area contributed by atoms with Crippen LogP contribution in [-0.2, 0) is 14.9 Å². The molecule has 22 heavy (non-hydrogen) atoms. The van der Waals surface area contributed by atoms with Gasteiger partial charge in [0.25, 0.3) is 0 Å². The van der Waals surface area contributed by atoms with E-state index in [4.69, 9.17) is 4.74 Å². The molecule has 0 fully saturated rings. The molecule has 0 heterocycles. The summed E-state index contributed by atoms with van der Waals surface area (Å²) in [6, 6.07) is 5.47. The SMILES string of the molecule is COC(=O)CCC(=O)c1ccc(OC(C)C)c(C(C)(C)C)c1. The fourth-order valence-corrected chi connectivity index (χ4v) is 2.11. The molecule has 0 radical (unpaired) electrons. The van der Waals surface area contributed by atoms with Crippen molar-refractivity contribution in [2.45, 2.75) is 59.0 Å². The second-order valence-corrected chi connectivity index (χ2v) is 6.63. The number of carbonyl (C=O) groups is 2. The molecule has 0 saturated carbocycles. The zero-order valence-corrected chi connectivity index (χ0v) is 14.4. The lowest BCUT2D eigenvalue weighted by Gasteiger charge is -2.24. The number of methoxy groups -OCH3 is 1. The fraction of sp³-hybridized carbons (Fsp3) is 0.556. The van der Waals surface area contributed by atoms with Crippen LogP contribution < -0.4 is 4.74 Å². The number of esters is 1. The third kappa shape index (κ3) is 5.17. The third-order valence-electron chi connectivity index (χ3n) is 3.26. The van der Waals surface area contributed by atoms with E-state index in [-0.39, 0.29) is 36.1 Å². The summed E-state index contributed by atoms with van der Waals surface area (Å²) in [6.45, 7) is 10.2. The van der Waals surface area contributed by atoms with E-state index in [9.17, 15) is 9.59 Å². The van der Waals surface area contributed by atoms with Crippen LogP contribution in [0.1, 0.15) is 63.4 Å². The van der Waals surface area contributed by atoms with E-state index < -0.39 is 0 Å². The van der Waals surface area contributed by atoms with E-state index in [2.05, 4.69) is 25.5 Å². The highest BCUT2D eigenvalue weighted by Gasteiger charge is 2.22. The largest absolute Gasteiger partial charge is 0.491 e. The molecule has 0 spiro atoms. The Kier molecular flexibility index (Phi) is 6.15. The van der Waals surface area contributed by atoms with Crippen LogP contribution in [0.15, 0.2) is 18.2 Å². The van der Waals surface area contributed by atoms with Crippen molar-refractivity contribution in [3.63, 3.8) is 0 Å². The molecular weight excluding hydrogens is 280 g/mol. The van der Waals surface area contributed by atoms with Gasteiger partial charge in [0.2, 0.25) is 0 Å². The zero-order valence-electron chi connectivity index (χ0n) is 14.4. The number of rotatable bonds is 6. The molecular formula is C18H26O4. The second-order valence-electron chi connectivity index (χ2n) is 6.63. The molecule has 0 aliphatic carbocycles. The van der Waals surface area contributed by atoms with Crippen LogP contribution in [0.2, 0.25) is 0 Å². The minimum absolute atomic E-state index is 0.0630. The van der Waals surface area contributed by atoms with Gasteiger partial charge in [0, 0.05) is 17.5 Å². The van der Waals surface area contributed by atoms with Crippen molar-refractivity contribution in [1.82, 2.24) is 0 Å². The number of hydrogen-bond acceptors (Lipinski definition) is 4. The van der Waals surface area contributed by atoms with Crippen LogP contribution in [-0.4, -0.2) is 25.0 Å². The maximum absolute atomic E-state index is 12.2. The molecule has 0 bridgehead atoms. The molecule has 0 amide bonds. The van der Waals surface area contributed by atoms with Gasteiger partial charge in [-0.1, -0.05) is 20.8 Å². The summed E-state index contributed by atoms with van der Waals surface area (Å²) < 4.78 is 10.4. The van der Waals surface area contributed by atoms with Gasteiger partial charge < -0.3 is 9.47 Å². The van der Waals surface area contributed by atoms with Crippen LogP contribution in [0.4, 0.5) is 0 Å². The van der Waals surface area contributed by atoms with Crippen molar-refractivity contribution in [3.8, 4) is 5.75 Å². The lowest BCUT2D eigenvalue weighted by atomic mass is 9.84. The molecule has 0 unspecified atom stereocenters. The number of ether oxygens (including phenoxy) is 2. The Morgan fingerprint density at radius 3 is 2.27 bits per heavy atom. The lowest BCUT2D eigenvalue weighted by molar-refractivity contribution is -0.140. The van der Waals surface area contributed by atoms with E-state index in [1.165, 1.54) is 7.11 Å². The quantitative estimate of drug-likeness (QED) is 0.590. The van der Waals surface area contributed by atoms with Crippen LogP contribution in [0.5, 0.6) is 5.75 Å². The van der Waals surface area contributed by atoms with Crippen molar-refractivity contribution < 1.29 is 19.1 Å². The number of carbonyl (C=O) groups excluding carboxylic acids is 2. The summed E-state index contributed by atoms with van der Waals surface area (Å²) in [5.74, 6) is 0.364. The standard InChI is InChI=1S/C18H26O4/c1-12(2)22-16-9-7-13(11-14(16)18(3,4)5)15(19)8-10-17(20)21-6/h7,9,11-12H,8,10H2,1-6H3. The average Bonchev–Trinajstić information content (AvgIpc) is 2.42. The monoisotopic (exact) mass is 306 g/mol. The van der Waals surface area contributed by atoms with E-state index in [1.807, 2.05) is 26.0 Å². The van der Waals surface area contributed by atoms with Crippen molar-refractivity contribution in [2.24, 2.45) is 0 Å². The Labute approximate surface area is 132 Å². The summed E-state index contributed by atoms with van der Waals surface area (Å²) in [6.07, 6.45) is 0.326. The van der Waals surface area contributed by atoms with Gasteiger partial charge in [-0.05, 0) is 37.5 Å². The summed E-state index contributed by atoms with van der Waals surface area (Å²) in [4.78, 5) is 23.4. The van der Waals surface area contributed by atoms with E-state index in [0.29, 0.717) is 5.56 Å². The van der Waals surface area contributed by atoms with Gasteiger partial charge >= 0.3 is 5.97 Å². The molecule has 0 aromatic heterocycles. The topological polar surface area (TPSA) is 52.6 Å². The molecule has 4 heteroatoms. The molecule has 0 aliphatic rings. The van der Waals surface area contributed by atoms with E-state index in [1.54, 1.807) is 6.07 Å². The molecule has 122 valence electrons. The Morgan fingerprint density at radius 1 is 1.14 bits per heavy atom. The second kappa shape index (κ2) is 7.43. The number of benzene rings is 1. The number of hydrogen-bond donors (Lipinski definition) is 0. The Balaban J connectivity index is 3.03. The molecule has 0 atom stereocenters. The Hall–Kier alpha value is -1.84. The molecule has 0 aliphatic heterocycles. The first kappa shape index (κ1) is 18.2. The fourth-order valence-electron chi connectivity index (χ4n) is 2.11.